The molecule has 0 N–H and O–H groups in total. The van der Waals surface area contributed by atoms with Crippen molar-refractivity contribution in [1.82, 2.24) is 24.5 Å². The first kappa shape index (κ1) is 46.8. The van der Waals surface area contributed by atoms with Gasteiger partial charge in [-0.1, -0.05) is 193 Å². The van der Waals surface area contributed by atoms with Gasteiger partial charge in [-0.3, -0.25) is 0 Å². The van der Waals surface area contributed by atoms with Crippen molar-refractivity contribution in [3.8, 4) is 95.7 Å². The molecule has 0 unspecified atom stereocenters. The molecule has 0 bridgehead atoms. The summed E-state index contributed by atoms with van der Waals surface area (Å²) in [4.78, 5) is 20.7. The summed E-state index contributed by atoms with van der Waals surface area (Å²) in [6, 6.07) is 70.4. The van der Waals surface area contributed by atoms with Crippen molar-refractivity contribution in [1.29, 1.82) is 0 Å². The van der Waals surface area contributed by atoms with Crippen molar-refractivity contribution in [2.24, 2.45) is 0 Å². The van der Waals surface area contributed by atoms with E-state index in [9.17, 15) is 0 Å². The number of alkyl halides is 3. The van der Waals surface area contributed by atoms with E-state index in [2.05, 4.69) is 105 Å². The lowest BCUT2D eigenvalue weighted by Crippen LogP contribution is -2.10. The maximum absolute atomic E-state index is 16.1. The van der Waals surface area contributed by atoms with E-state index >= 15 is 13.2 Å². The zero-order chi connectivity index (χ0) is 51.4. The fourth-order valence-electron chi connectivity index (χ4n) is 10.4. The Kier molecular flexibility index (Phi) is 11.8. The van der Waals surface area contributed by atoms with Gasteiger partial charge in [-0.25, -0.2) is 19.9 Å². The Morgan fingerprint density at radius 1 is 0.333 bits per heavy atom. The molecule has 5 nitrogen and oxygen atoms in total. The van der Waals surface area contributed by atoms with Crippen LogP contribution in [0.25, 0.3) is 118 Å². The lowest BCUT2D eigenvalue weighted by molar-refractivity contribution is -0.137. The molecule has 0 aliphatic heterocycles. The SMILES string of the molecule is Cc1ccc(-c2ccc3c4ccc(-c5ccc(C)cc5C)cc4n(-c4c(-c5cc(-c6ccccc6)nc(-c6ccccc6)n5)cc(C(F)(F)F)cc4-c4cc(-c5ccccc5)nc(-c5ccccc5)n4)c3c2)c(C)c1. The number of fused-ring (bicyclic) bond motifs is 3. The van der Waals surface area contributed by atoms with E-state index in [4.69, 9.17) is 19.9 Å². The summed E-state index contributed by atoms with van der Waals surface area (Å²) in [5, 5.41) is 1.86. The fraction of sp³-hybridized carbons (Fsp3) is 0.0746. The Balaban J connectivity index is 1.28. The largest absolute Gasteiger partial charge is 0.416 e. The van der Waals surface area contributed by atoms with Gasteiger partial charge in [0.1, 0.15) is 0 Å². The second kappa shape index (κ2) is 19.0. The van der Waals surface area contributed by atoms with Crippen molar-refractivity contribution in [3.05, 3.63) is 246 Å². The number of nitrogens with zero attached hydrogens (tertiary/aromatic N) is 5. The van der Waals surface area contributed by atoms with E-state index in [1.807, 2.05) is 133 Å². The standard InChI is InChI=1S/C67H48F3N5/c1-41-25-29-52(43(3)33-41)49-27-31-54-55-32-28-50(53-30-26-42(2)34-44(53)4)36-63(55)75(62(54)35-49)64-56(60-39-58(45-17-9-5-10-18-45)71-65(73-60)47-21-13-7-14-22-47)37-51(67(68,69)70)38-57(64)61-40-59(46-19-11-6-12-20-46)72-66(74-61)48-23-15-8-16-24-48/h5-40H,1-4H3. The van der Waals surface area contributed by atoms with Crippen LogP contribution in [-0.2, 0) is 6.18 Å². The van der Waals surface area contributed by atoms with E-state index in [-0.39, 0.29) is 11.1 Å². The summed E-state index contributed by atoms with van der Waals surface area (Å²) in [5.74, 6) is 0.737. The van der Waals surface area contributed by atoms with Crippen LogP contribution >= 0.6 is 0 Å². The minimum atomic E-state index is -4.79. The third-order valence-electron chi connectivity index (χ3n) is 14.0. The van der Waals surface area contributed by atoms with E-state index in [1.54, 1.807) is 0 Å². The van der Waals surface area contributed by atoms with Gasteiger partial charge in [-0.15, -0.1) is 0 Å². The normalized spacial score (nSPS) is 11.7. The Morgan fingerprint density at radius 2 is 0.707 bits per heavy atom. The van der Waals surface area contributed by atoms with Crippen molar-refractivity contribution in [3.63, 3.8) is 0 Å². The average Bonchev–Trinajstić information content (AvgIpc) is 3.77. The molecule has 0 radical (unpaired) electrons. The monoisotopic (exact) mass is 979 g/mol. The number of halogens is 3. The molecule has 0 atom stereocenters. The number of benzene rings is 9. The minimum Gasteiger partial charge on any atom is -0.308 e. The fourth-order valence-corrected chi connectivity index (χ4v) is 10.4. The molecule has 12 aromatic rings. The van der Waals surface area contributed by atoms with Crippen LogP contribution in [0.5, 0.6) is 0 Å². The number of aromatic nitrogens is 5. The van der Waals surface area contributed by atoms with Crippen molar-refractivity contribution < 1.29 is 13.2 Å². The summed E-state index contributed by atoms with van der Waals surface area (Å²) >= 11 is 0. The van der Waals surface area contributed by atoms with Gasteiger partial charge in [-0.2, -0.15) is 13.2 Å². The quantitative estimate of drug-likeness (QED) is 0.145. The van der Waals surface area contributed by atoms with Crippen LogP contribution in [0.4, 0.5) is 13.2 Å². The molecule has 3 heterocycles. The molecule has 12 rings (SSSR count). The molecule has 0 spiro atoms. The minimum absolute atomic E-state index is 0.241. The van der Waals surface area contributed by atoms with E-state index in [0.717, 1.165) is 77.4 Å². The lowest BCUT2D eigenvalue weighted by Gasteiger charge is -2.22. The second-order valence-electron chi connectivity index (χ2n) is 19.2. The van der Waals surface area contributed by atoms with Crippen LogP contribution in [0.3, 0.4) is 0 Å². The average molecular weight is 980 g/mol. The first-order valence-electron chi connectivity index (χ1n) is 24.9. The van der Waals surface area contributed by atoms with Crippen LogP contribution in [0, 0.1) is 27.7 Å². The number of hydrogen-bond donors (Lipinski definition) is 0. The molecular formula is C67H48F3N5. The Hall–Kier alpha value is -9.27. The number of rotatable bonds is 9. The van der Waals surface area contributed by atoms with Crippen molar-refractivity contribution >= 4 is 21.8 Å². The van der Waals surface area contributed by atoms with Gasteiger partial charge in [0.05, 0.1) is 45.1 Å². The number of aryl methyl sites for hydroxylation is 4. The molecule has 9 aromatic carbocycles. The summed E-state index contributed by atoms with van der Waals surface area (Å²) in [7, 11) is 0. The van der Waals surface area contributed by atoms with E-state index in [1.165, 1.54) is 12.1 Å². The van der Waals surface area contributed by atoms with Crippen LogP contribution in [-0.4, -0.2) is 24.5 Å². The molecule has 3 aromatic heterocycles. The van der Waals surface area contributed by atoms with Crippen LogP contribution in [0.1, 0.15) is 27.8 Å². The highest BCUT2D eigenvalue weighted by atomic mass is 19.4. The van der Waals surface area contributed by atoms with Crippen LogP contribution in [0.2, 0.25) is 0 Å². The highest BCUT2D eigenvalue weighted by molar-refractivity contribution is 6.12. The van der Waals surface area contributed by atoms with Crippen LogP contribution in [0.15, 0.2) is 218 Å². The zero-order valence-corrected chi connectivity index (χ0v) is 41.7. The molecule has 0 fully saturated rings. The predicted molar refractivity (Wildman–Crippen MR) is 299 cm³/mol. The summed E-state index contributed by atoms with van der Waals surface area (Å²) in [5.41, 5.74) is 15.0. The van der Waals surface area contributed by atoms with Gasteiger partial charge in [0.15, 0.2) is 11.6 Å². The van der Waals surface area contributed by atoms with E-state index in [0.29, 0.717) is 51.2 Å². The van der Waals surface area contributed by atoms with Gasteiger partial charge in [0.2, 0.25) is 0 Å². The molecule has 0 saturated heterocycles. The van der Waals surface area contributed by atoms with Gasteiger partial charge >= 0.3 is 6.18 Å². The highest BCUT2D eigenvalue weighted by Gasteiger charge is 2.35. The first-order valence-corrected chi connectivity index (χ1v) is 24.9. The van der Waals surface area contributed by atoms with Gasteiger partial charge in [0.25, 0.3) is 0 Å². The molecule has 0 saturated carbocycles. The first-order chi connectivity index (χ1) is 36.4. The highest BCUT2D eigenvalue weighted by Crippen LogP contribution is 2.47. The summed E-state index contributed by atoms with van der Waals surface area (Å²) in [6.07, 6.45) is -4.79. The molecule has 0 aliphatic rings. The second-order valence-corrected chi connectivity index (χ2v) is 19.2. The van der Waals surface area contributed by atoms with Crippen LogP contribution < -0.4 is 0 Å². The number of hydrogen-bond acceptors (Lipinski definition) is 4. The maximum atomic E-state index is 16.1. The molecule has 75 heavy (non-hydrogen) atoms. The molecular weight excluding hydrogens is 932 g/mol. The maximum Gasteiger partial charge on any atom is 0.416 e. The Morgan fingerprint density at radius 3 is 1.08 bits per heavy atom. The Labute approximate surface area is 433 Å². The van der Waals surface area contributed by atoms with Gasteiger partial charge in [-0.05, 0) is 97.5 Å². The topological polar surface area (TPSA) is 56.5 Å². The zero-order valence-electron chi connectivity index (χ0n) is 41.7. The van der Waals surface area contributed by atoms with Crippen molar-refractivity contribution in [2.75, 3.05) is 0 Å². The van der Waals surface area contributed by atoms with E-state index < -0.39 is 11.7 Å². The molecule has 362 valence electrons. The molecule has 8 heteroatoms. The lowest BCUT2D eigenvalue weighted by atomic mass is 9.94. The smallest absolute Gasteiger partial charge is 0.308 e. The third kappa shape index (κ3) is 8.95. The predicted octanol–water partition coefficient (Wildman–Crippen LogP) is 18.0. The summed E-state index contributed by atoms with van der Waals surface area (Å²) in [6.45, 7) is 8.38. The Bertz CT molecular complexity index is 3760. The van der Waals surface area contributed by atoms with Gasteiger partial charge < -0.3 is 4.57 Å². The molecule has 0 amide bonds. The molecule has 0 aliphatic carbocycles. The van der Waals surface area contributed by atoms with Gasteiger partial charge in [0, 0.05) is 44.2 Å². The third-order valence-corrected chi connectivity index (χ3v) is 14.0. The van der Waals surface area contributed by atoms with Crippen molar-refractivity contribution in [2.45, 2.75) is 33.9 Å². The summed E-state index contributed by atoms with van der Waals surface area (Å²) < 4.78 is 50.4.